The molecular formula is C17H21F3N2O3S. The first-order valence-corrected chi connectivity index (χ1v) is 10.1. The van der Waals surface area contributed by atoms with E-state index in [-0.39, 0.29) is 36.4 Å². The van der Waals surface area contributed by atoms with Gasteiger partial charge in [0.15, 0.2) is 0 Å². The van der Waals surface area contributed by atoms with E-state index in [2.05, 4.69) is 0 Å². The number of halogens is 3. The predicted octanol–water partition coefficient (Wildman–Crippen LogP) is 2.89. The number of amides is 1. The van der Waals surface area contributed by atoms with Crippen LogP contribution in [-0.2, 0) is 10.0 Å². The molecule has 1 atom stereocenters. The van der Waals surface area contributed by atoms with Gasteiger partial charge in [-0.2, -0.15) is 17.5 Å². The van der Waals surface area contributed by atoms with Crippen molar-refractivity contribution in [1.82, 2.24) is 9.21 Å². The normalized spacial score (nSPS) is 22.6. The summed E-state index contributed by atoms with van der Waals surface area (Å²) in [5.41, 5.74) is 0.105. The summed E-state index contributed by atoms with van der Waals surface area (Å²) in [7, 11) is -3.68. The van der Waals surface area contributed by atoms with Crippen LogP contribution in [0.1, 0.15) is 36.0 Å². The van der Waals surface area contributed by atoms with Gasteiger partial charge >= 0.3 is 6.18 Å². The Kier molecular flexibility index (Phi) is 5.30. The van der Waals surface area contributed by atoms with E-state index in [1.807, 2.05) is 0 Å². The molecule has 1 aromatic rings. The lowest BCUT2D eigenvalue weighted by Gasteiger charge is -2.33. The number of alkyl halides is 3. The Labute approximate surface area is 150 Å². The standard InChI is InChI=1S/C17H21F3N2O3S/c18-17(19,20)14-6-4-8-21(12-14)16(23)13-5-3-7-15(11-13)26(24,25)22-9-1-2-10-22/h3,5,7,11,14H,1-2,4,6,8-10,12H2/t14-/m0/s1. The van der Waals surface area contributed by atoms with E-state index in [4.69, 9.17) is 0 Å². The van der Waals surface area contributed by atoms with Gasteiger partial charge in [0.25, 0.3) is 5.91 Å². The van der Waals surface area contributed by atoms with E-state index in [1.165, 1.54) is 33.5 Å². The molecule has 0 aromatic heterocycles. The molecule has 3 rings (SSSR count). The molecule has 2 saturated heterocycles. The highest BCUT2D eigenvalue weighted by Crippen LogP contribution is 2.33. The lowest BCUT2D eigenvalue weighted by atomic mass is 9.97. The molecule has 9 heteroatoms. The molecule has 0 radical (unpaired) electrons. The summed E-state index contributed by atoms with van der Waals surface area (Å²) >= 11 is 0. The lowest BCUT2D eigenvalue weighted by Crippen LogP contribution is -2.44. The number of piperidine rings is 1. The van der Waals surface area contributed by atoms with Crippen LogP contribution in [0.5, 0.6) is 0 Å². The maximum atomic E-state index is 13.0. The minimum atomic E-state index is -4.33. The quantitative estimate of drug-likeness (QED) is 0.798. The monoisotopic (exact) mass is 390 g/mol. The highest BCUT2D eigenvalue weighted by Gasteiger charge is 2.42. The van der Waals surface area contributed by atoms with E-state index in [1.54, 1.807) is 0 Å². The van der Waals surface area contributed by atoms with Crippen LogP contribution >= 0.6 is 0 Å². The number of rotatable bonds is 3. The van der Waals surface area contributed by atoms with Crippen LogP contribution in [0.15, 0.2) is 29.2 Å². The average molecular weight is 390 g/mol. The molecule has 0 bridgehead atoms. The molecule has 144 valence electrons. The number of hydrogen-bond acceptors (Lipinski definition) is 3. The third-order valence-corrected chi connectivity index (χ3v) is 6.85. The zero-order valence-corrected chi connectivity index (χ0v) is 15.0. The average Bonchev–Trinajstić information content (AvgIpc) is 3.16. The Hall–Kier alpha value is -1.61. The van der Waals surface area contributed by atoms with E-state index in [0.29, 0.717) is 13.1 Å². The van der Waals surface area contributed by atoms with Gasteiger partial charge in [0.1, 0.15) is 0 Å². The minimum absolute atomic E-state index is 0.00892. The lowest BCUT2D eigenvalue weighted by molar-refractivity contribution is -0.184. The second-order valence-corrected chi connectivity index (χ2v) is 8.71. The zero-order chi connectivity index (χ0) is 18.9. The van der Waals surface area contributed by atoms with Gasteiger partial charge in [0.2, 0.25) is 10.0 Å². The van der Waals surface area contributed by atoms with Gasteiger partial charge in [-0.05, 0) is 43.9 Å². The van der Waals surface area contributed by atoms with Crippen LogP contribution in [0.25, 0.3) is 0 Å². The van der Waals surface area contributed by atoms with E-state index >= 15 is 0 Å². The largest absolute Gasteiger partial charge is 0.393 e. The fourth-order valence-electron chi connectivity index (χ4n) is 3.48. The highest BCUT2D eigenvalue weighted by atomic mass is 32.2. The van der Waals surface area contributed by atoms with Gasteiger partial charge in [0.05, 0.1) is 10.8 Å². The molecule has 5 nitrogen and oxygen atoms in total. The van der Waals surface area contributed by atoms with Gasteiger partial charge in [-0.15, -0.1) is 0 Å². The minimum Gasteiger partial charge on any atom is -0.338 e. The number of carbonyl (C=O) groups excluding carboxylic acids is 1. The molecule has 2 aliphatic heterocycles. The Morgan fingerprint density at radius 3 is 2.42 bits per heavy atom. The fraction of sp³-hybridized carbons (Fsp3) is 0.588. The second-order valence-electron chi connectivity index (χ2n) is 6.77. The second kappa shape index (κ2) is 7.19. The maximum absolute atomic E-state index is 13.0. The first-order chi connectivity index (χ1) is 12.2. The van der Waals surface area contributed by atoms with Crippen molar-refractivity contribution in [1.29, 1.82) is 0 Å². The molecule has 26 heavy (non-hydrogen) atoms. The summed E-state index contributed by atoms with van der Waals surface area (Å²) in [6.45, 7) is 0.750. The van der Waals surface area contributed by atoms with Gasteiger partial charge in [-0.25, -0.2) is 8.42 Å². The molecule has 0 saturated carbocycles. The molecule has 2 fully saturated rings. The molecule has 2 heterocycles. The van der Waals surface area contributed by atoms with Crippen LogP contribution in [0.4, 0.5) is 13.2 Å². The number of sulfonamides is 1. The Morgan fingerprint density at radius 2 is 1.77 bits per heavy atom. The van der Waals surface area contributed by atoms with E-state index in [0.717, 1.165) is 12.8 Å². The van der Waals surface area contributed by atoms with Crippen molar-refractivity contribution in [2.24, 2.45) is 5.92 Å². The molecule has 0 aliphatic carbocycles. The molecule has 1 aromatic carbocycles. The van der Waals surface area contributed by atoms with Crippen molar-refractivity contribution in [3.8, 4) is 0 Å². The molecule has 0 spiro atoms. The highest BCUT2D eigenvalue weighted by molar-refractivity contribution is 7.89. The van der Waals surface area contributed by atoms with Crippen molar-refractivity contribution < 1.29 is 26.4 Å². The maximum Gasteiger partial charge on any atom is 0.393 e. The Balaban J connectivity index is 1.80. The fourth-order valence-corrected chi connectivity index (χ4v) is 5.04. The first kappa shape index (κ1) is 19.2. The summed E-state index contributed by atoms with van der Waals surface area (Å²) in [5, 5.41) is 0. The van der Waals surface area contributed by atoms with Gasteiger partial charge < -0.3 is 4.90 Å². The number of nitrogens with zero attached hydrogens (tertiary/aromatic N) is 2. The van der Waals surface area contributed by atoms with Gasteiger partial charge in [0, 0.05) is 31.7 Å². The number of carbonyl (C=O) groups is 1. The summed E-state index contributed by atoms with van der Waals surface area (Å²) in [6, 6.07) is 5.59. The zero-order valence-electron chi connectivity index (χ0n) is 14.2. The molecule has 0 unspecified atom stereocenters. The Morgan fingerprint density at radius 1 is 1.08 bits per heavy atom. The smallest absolute Gasteiger partial charge is 0.338 e. The van der Waals surface area contributed by atoms with Crippen LogP contribution in [0.3, 0.4) is 0 Å². The number of likely N-dealkylation sites (tertiary alicyclic amines) is 1. The van der Waals surface area contributed by atoms with Crippen LogP contribution in [0.2, 0.25) is 0 Å². The molecule has 0 N–H and O–H groups in total. The van der Waals surface area contributed by atoms with Crippen molar-refractivity contribution in [3.05, 3.63) is 29.8 Å². The Bertz CT molecular complexity index is 774. The first-order valence-electron chi connectivity index (χ1n) is 8.66. The van der Waals surface area contributed by atoms with E-state index < -0.39 is 28.0 Å². The van der Waals surface area contributed by atoms with Crippen molar-refractivity contribution in [2.75, 3.05) is 26.2 Å². The molecular weight excluding hydrogens is 369 g/mol. The van der Waals surface area contributed by atoms with Crippen molar-refractivity contribution in [3.63, 3.8) is 0 Å². The molecule has 2 aliphatic rings. The summed E-state index contributed by atoms with van der Waals surface area (Å²) in [5.74, 6) is -2.09. The van der Waals surface area contributed by atoms with Crippen molar-refractivity contribution in [2.45, 2.75) is 36.8 Å². The van der Waals surface area contributed by atoms with Crippen LogP contribution in [0, 0.1) is 5.92 Å². The number of benzene rings is 1. The predicted molar refractivity (Wildman–Crippen MR) is 89.1 cm³/mol. The van der Waals surface area contributed by atoms with Crippen LogP contribution in [-0.4, -0.2) is 55.9 Å². The topological polar surface area (TPSA) is 57.7 Å². The molecule has 1 amide bonds. The van der Waals surface area contributed by atoms with Gasteiger partial charge in [-0.1, -0.05) is 6.07 Å². The van der Waals surface area contributed by atoms with E-state index in [9.17, 15) is 26.4 Å². The van der Waals surface area contributed by atoms with Crippen LogP contribution < -0.4 is 0 Å². The third-order valence-electron chi connectivity index (χ3n) is 4.96. The summed E-state index contributed by atoms with van der Waals surface area (Å²) < 4.78 is 65.5. The van der Waals surface area contributed by atoms with Crippen molar-refractivity contribution >= 4 is 15.9 Å². The SMILES string of the molecule is O=C(c1cccc(S(=O)(=O)N2CCCC2)c1)N1CCC[C@H](C(F)(F)F)C1. The van der Waals surface area contributed by atoms with Gasteiger partial charge in [-0.3, -0.25) is 4.79 Å². The summed E-state index contributed by atoms with van der Waals surface area (Å²) in [6.07, 6.45) is -2.45. The third kappa shape index (κ3) is 3.88. The number of hydrogen-bond donors (Lipinski definition) is 0. The summed E-state index contributed by atoms with van der Waals surface area (Å²) in [4.78, 5) is 13.8.